The number of hydrogen-bond acceptors (Lipinski definition) is 6. The maximum Gasteiger partial charge on any atom is 0.258 e. The van der Waals surface area contributed by atoms with Crippen LogP contribution in [0, 0.1) is 6.92 Å². The second-order valence-electron chi connectivity index (χ2n) is 5.10. The Morgan fingerprint density at radius 1 is 1.45 bits per heavy atom. The van der Waals surface area contributed by atoms with E-state index < -0.39 is 0 Å². The third-order valence-electron chi connectivity index (χ3n) is 3.62. The van der Waals surface area contributed by atoms with Crippen molar-refractivity contribution < 1.29 is 4.52 Å². The van der Waals surface area contributed by atoms with E-state index in [1.807, 2.05) is 36.9 Å². The highest BCUT2D eigenvalue weighted by molar-refractivity contribution is 7.99. The Labute approximate surface area is 122 Å². The van der Waals surface area contributed by atoms with Crippen molar-refractivity contribution >= 4 is 17.4 Å². The molecule has 6 heteroatoms. The Morgan fingerprint density at radius 2 is 2.30 bits per heavy atom. The molecule has 5 nitrogen and oxygen atoms in total. The van der Waals surface area contributed by atoms with Crippen LogP contribution in [-0.4, -0.2) is 40.1 Å². The van der Waals surface area contributed by atoms with Crippen molar-refractivity contribution in [2.75, 3.05) is 30.8 Å². The molecule has 3 rings (SSSR count). The Bertz CT molecular complexity index is 613. The summed E-state index contributed by atoms with van der Waals surface area (Å²) in [6.07, 6.45) is 0. The van der Waals surface area contributed by atoms with Crippen LogP contribution in [0.2, 0.25) is 0 Å². The summed E-state index contributed by atoms with van der Waals surface area (Å²) in [5.74, 6) is 3.51. The van der Waals surface area contributed by atoms with Crippen LogP contribution in [0.4, 0.5) is 5.69 Å². The maximum absolute atomic E-state index is 5.77. The molecule has 0 radical (unpaired) electrons. The Kier molecular flexibility index (Phi) is 3.67. The molecule has 1 aromatic carbocycles. The molecule has 0 saturated carbocycles. The van der Waals surface area contributed by atoms with E-state index in [4.69, 9.17) is 10.3 Å². The van der Waals surface area contributed by atoms with E-state index in [0.29, 0.717) is 5.89 Å². The van der Waals surface area contributed by atoms with Crippen LogP contribution in [0.3, 0.4) is 0 Å². The van der Waals surface area contributed by atoms with Gasteiger partial charge in [-0.25, -0.2) is 0 Å². The van der Waals surface area contributed by atoms with Crippen LogP contribution in [0.5, 0.6) is 0 Å². The summed E-state index contributed by atoms with van der Waals surface area (Å²) >= 11 is 1.93. The topological polar surface area (TPSA) is 68.2 Å². The number of nitrogens with zero attached hydrogens (tertiary/aromatic N) is 3. The number of nitrogen functional groups attached to an aromatic ring is 1. The van der Waals surface area contributed by atoms with Gasteiger partial charge < -0.3 is 10.3 Å². The molecular weight excluding hydrogens is 272 g/mol. The highest BCUT2D eigenvalue weighted by Gasteiger charge is 2.26. The number of anilines is 1. The molecule has 2 heterocycles. The molecule has 0 bridgehead atoms. The Morgan fingerprint density at radius 3 is 3.05 bits per heavy atom. The van der Waals surface area contributed by atoms with Crippen molar-refractivity contribution in [2.24, 2.45) is 0 Å². The lowest BCUT2D eigenvalue weighted by atomic mass is 10.1. The lowest BCUT2D eigenvalue weighted by Gasteiger charge is -2.29. The van der Waals surface area contributed by atoms with Crippen molar-refractivity contribution in [3.8, 4) is 11.5 Å². The SMILES string of the molecule is Cc1cc(N)ccc1-c1nc(C2CSCCN2C)no1. The molecule has 20 heavy (non-hydrogen) atoms. The zero-order valence-corrected chi connectivity index (χ0v) is 12.5. The first-order valence-electron chi connectivity index (χ1n) is 6.63. The smallest absolute Gasteiger partial charge is 0.258 e. The second-order valence-corrected chi connectivity index (χ2v) is 6.25. The molecule has 2 N–H and O–H groups in total. The van der Waals surface area contributed by atoms with Gasteiger partial charge in [-0.15, -0.1) is 0 Å². The number of benzene rings is 1. The Hall–Kier alpha value is -1.53. The van der Waals surface area contributed by atoms with Gasteiger partial charge in [-0.05, 0) is 37.7 Å². The van der Waals surface area contributed by atoms with Crippen LogP contribution in [0.1, 0.15) is 17.4 Å². The summed E-state index contributed by atoms with van der Waals surface area (Å²) in [4.78, 5) is 6.85. The number of rotatable bonds is 2. The summed E-state index contributed by atoms with van der Waals surface area (Å²) in [6.45, 7) is 3.05. The van der Waals surface area contributed by atoms with Crippen LogP contribution in [0.25, 0.3) is 11.5 Å². The van der Waals surface area contributed by atoms with Gasteiger partial charge in [0, 0.05) is 29.3 Å². The second kappa shape index (κ2) is 5.46. The fraction of sp³-hybridized carbons (Fsp3) is 0.429. The molecule has 106 valence electrons. The fourth-order valence-electron chi connectivity index (χ4n) is 2.36. The van der Waals surface area contributed by atoms with Crippen LogP contribution in [0.15, 0.2) is 22.7 Å². The predicted molar refractivity (Wildman–Crippen MR) is 81.6 cm³/mol. The summed E-state index contributed by atoms with van der Waals surface area (Å²) in [5.41, 5.74) is 8.51. The third kappa shape index (κ3) is 2.53. The average molecular weight is 290 g/mol. The molecule has 1 aliphatic rings. The summed E-state index contributed by atoms with van der Waals surface area (Å²) in [7, 11) is 2.11. The fourth-order valence-corrected chi connectivity index (χ4v) is 3.58. The minimum Gasteiger partial charge on any atom is -0.399 e. The van der Waals surface area contributed by atoms with Crippen LogP contribution in [-0.2, 0) is 0 Å². The van der Waals surface area contributed by atoms with Crippen LogP contribution < -0.4 is 5.73 Å². The van der Waals surface area contributed by atoms with Gasteiger partial charge in [0.05, 0.1) is 6.04 Å². The normalized spacial score (nSPS) is 20.2. The summed E-state index contributed by atoms with van der Waals surface area (Å²) in [6, 6.07) is 5.94. The van der Waals surface area contributed by atoms with Crippen molar-refractivity contribution in [1.29, 1.82) is 0 Å². The molecule has 1 unspecified atom stereocenters. The first-order valence-corrected chi connectivity index (χ1v) is 7.78. The number of thioether (sulfide) groups is 1. The van der Waals surface area contributed by atoms with Gasteiger partial charge in [-0.1, -0.05) is 5.16 Å². The van der Waals surface area contributed by atoms with Crippen LogP contribution >= 0.6 is 11.8 Å². The largest absolute Gasteiger partial charge is 0.399 e. The first-order chi connectivity index (χ1) is 9.65. The minimum atomic E-state index is 0.236. The molecule has 0 amide bonds. The average Bonchev–Trinajstić information content (AvgIpc) is 2.88. The summed E-state index contributed by atoms with van der Waals surface area (Å²) < 4.78 is 5.44. The van der Waals surface area contributed by atoms with E-state index in [9.17, 15) is 0 Å². The Balaban J connectivity index is 1.89. The predicted octanol–water partition coefficient (Wildman–Crippen LogP) is 2.35. The summed E-state index contributed by atoms with van der Waals surface area (Å²) in [5, 5.41) is 4.16. The molecule has 1 atom stereocenters. The molecule has 1 aliphatic heterocycles. The van der Waals surface area contributed by atoms with E-state index in [1.165, 1.54) is 0 Å². The molecule has 1 saturated heterocycles. The monoisotopic (exact) mass is 290 g/mol. The molecule has 0 aliphatic carbocycles. The highest BCUT2D eigenvalue weighted by atomic mass is 32.2. The zero-order chi connectivity index (χ0) is 14.1. The zero-order valence-electron chi connectivity index (χ0n) is 11.7. The van der Waals surface area contributed by atoms with E-state index in [-0.39, 0.29) is 6.04 Å². The number of aryl methyl sites for hydroxylation is 1. The van der Waals surface area contributed by atoms with E-state index >= 15 is 0 Å². The maximum atomic E-state index is 5.77. The molecular formula is C14H18N4OS. The van der Waals surface area contributed by atoms with Crippen molar-refractivity contribution in [3.05, 3.63) is 29.6 Å². The highest BCUT2D eigenvalue weighted by Crippen LogP contribution is 2.29. The number of aromatic nitrogens is 2. The van der Waals surface area contributed by atoms with E-state index in [1.54, 1.807) is 0 Å². The van der Waals surface area contributed by atoms with Gasteiger partial charge >= 0.3 is 0 Å². The standard InChI is InChI=1S/C14H18N4OS/c1-9-7-10(15)3-4-11(9)14-16-13(17-19-14)12-8-20-6-5-18(12)2/h3-4,7,12H,5-6,8,15H2,1-2H3. The van der Waals surface area contributed by atoms with Gasteiger partial charge in [0.2, 0.25) is 0 Å². The molecule has 1 fully saturated rings. The van der Waals surface area contributed by atoms with E-state index in [2.05, 4.69) is 22.1 Å². The molecule has 2 aromatic rings. The lowest BCUT2D eigenvalue weighted by Crippen LogP contribution is -2.33. The molecule has 0 spiro atoms. The quantitative estimate of drug-likeness (QED) is 0.856. The van der Waals surface area contributed by atoms with Crippen molar-refractivity contribution in [2.45, 2.75) is 13.0 Å². The third-order valence-corrected chi connectivity index (χ3v) is 4.64. The van der Waals surface area contributed by atoms with E-state index in [0.717, 1.165) is 40.7 Å². The van der Waals surface area contributed by atoms with Gasteiger partial charge in [0.15, 0.2) is 5.82 Å². The van der Waals surface area contributed by atoms with Crippen molar-refractivity contribution in [1.82, 2.24) is 15.0 Å². The van der Waals surface area contributed by atoms with Gasteiger partial charge in [-0.2, -0.15) is 16.7 Å². The molecule has 1 aromatic heterocycles. The van der Waals surface area contributed by atoms with Gasteiger partial charge in [0.1, 0.15) is 0 Å². The lowest BCUT2D eigenvalue weighted by molar-refractivity contribution is 0.257. The van der Waals surface area contributed by atoms with Gasteiger partial charge in [-0.3, -0.25) is 4.90 Å². The number of nitrogens with two attached hydrogens (primary N) is 1. The first kappa shape index (κ1) is 13.5. The van der Waals surface area contributed by atoms with Gasteiger partial charge in [0.25, 0.3) is 5.89 Å². The van der Waals surface area contributed by atoms with Crippen molar-refractivity contribution in [3.63, 3.8) is 0 Å². The number of hydrogen-bond donors (Lipinski definition) is 1. The minimum absolute atomic E-state index is 0.236.